The number of hydrogen-bond donors (Lipinski definition) is 2. The number of hydrogen-bond acceptors (Lipinski definition) is 4. The molecule has 106 valence electrons. The second-order valence-corrected chi connectivity index (χ2v) is 4.63. The molecule has 0 aliphatic heterocycles. The fourth-order valence-electron chi connectivity index (χ4n) is 2.20. The van der Waals surface area contributed by atoms with E-state index < -0.39 is 0 Å². The Morgan fingerprint density at radius 2 is 2.00 bits per heavy atom. The highest BCUT2D eigenvalue weighted by Crippen LogP contribution is 2.33. The molecule has 0 fully saturated rings. The summed E-state index contributed by atoms with van der Waals surface area (Å²) in [5.74, 6) is 6.03. The van der Waals surface area contributed by atoms with Gasteiger partial charge in [0.2, 0.25) is 0 Å². The molecule has 1 atom stereocenters. The quantitative estimate of drug-likeness (QED) is 0.664. The van der Waals surface area contributed by atoms with Crippen molar-refractivity contribution in [2.24, 2.45) is 5.84 Å². The summed E-state index contributed by atoms with van der Waals surface area (Å²) in [7, 11) is 1.62. The van der Waals surface area contributed by atoms with Crippen molar-refractivity contribution in [3.05, 3.63) is 58.7 Å². The maximum atomic E-state index is 13.0. The van der Waals surface area contributed by atoms with E-state index in [-0.39, 0.29) is 11.9 Å². The number of nitrogens with one attached hydrogen (secondary N) is 1. The highest BCUT2D eigenvalue weighted by atomic mass is 19.1. The second kappa shape index (κ2) is 5.98. The lowest BCUT2D eigenvalue weighted by molar-refractivity contribution is 0.400. The first-order chi connectivity index (χ1) is 9.58. The lowest BCUT2D eigenvalue weighted by Gasteiger charge is -2.21. The molecular formula is C15H18FN3O. The number of nitrogens with two attached hydrogens (primary N) is 1. The van der Waals surface area contributed by atoms with Gasteiger partial charge in [-0.25, -0.2) is 9.82 Å². The molecule has 5 heteroatoms. The van der Waals surface area contributed by atoms with Gasteiger partial charge in [0, 0.05) is 5.56 Å². The first-order valence-electron chi connectivity index (χ1n) is 6.30. The van der Waals surface area contributed by atoms with Crippen molar-refractivity contribution in [3.8, 4) is 5.75 Å². The molecule has 1 unspecified atom stereocenters. The van der Waals surface area contributed by atoms with Gasteiger partial charge < -0.3 is 4.74 Å². The second-order valence-electron chi connectivity index (χ2n) is 4.63. The Morgan fingerprint density at radius 3 is 2.55 bits per heavy atom. The lowest BCUT2D eigenvalue weighted by Crippen LogP contribution is -2.30. The summed E-state index contributed by atoms with van der Waals surface area (Å²) in [5, 5.41) is 0. The Balaban J connectivity index is 2.52. The molecule has 1 aromatic carbocycles. The van der Waals surface area contributed by atoms with E-state index in [0.717, 1.165) is 22.4 Å². The average molecular weight is 275 g/mol. The summed E-state index contributed by atoms with van der Waals surface area (Å²) in [6.45, 7) is 4.01. The molecule has 0 aliphatic carbocycles. The molecule has 0 bridgehead atoms. The average Bonchev–Trinajstić information content (AvgIpc) is 2.45. The standard InChI is InChI=1S/C15H18FN3O/c1-9-4-6-12(15(20-3)10(9)2)14(19-17)13-7-5-11(16)8-18-13/h4-8,14,19H,17H2,1-3H3. The van der Waals surface area contributed by atoms with Gasteiger partial charge in [0.05, 0.1) is 25.0 Å². The zero-order valence-electron chi connectivity index (χ0n) is 11.8. The largest absolute Gasteiger partial charge is 0.496 e. The van der Waals surface area contributed by atoms with Crippen molar-refractivity contribution < 1.29 is 9.13 Å². The van der Waals surface area contributed by atoms with E-state index in [9.17, 15) is 4.39 Å². The highest BCUT2D eigenvalue weighted by Gasteiger charge is 2.20. The van der Waals surface area contributed by atoms with Gasteiger partial charge in [-0.05, 0) is 37.1 Å². The number of aryl methyl sites for hydroxylation is 1. The third-order valence-corrected chi connectivity index (χ3v) is 3.44. The van der Waals surface area contributed by atoms with Gasteiger partial charge >= 0.3 is 0 Å². The molecular weight excluding hydrogens is 257 g/mol. The Morgan fingerprint density at radius 1 is 1.25 bits per heavy atom. The molecule has 0 saturated carbocycles. The number of benzene rings is 1. The number of ether oxygens (including phenoxy) is 1. The van der Waals surface area contributed by atoms with Crippen LogP contribution in [-0.4, -0.2) is 12.1 Å². The van der Waals surface area contributed by atoms with Crippen LogP contribution in [-0.2, 0) is 0 Å². The van der Waals surface area contributed by atoms with Gasteiger partial charge in [0.25, 0.3) is 0 Å². The number of rotatable bonds is 4. The van der Waals surface area contributed by atoms with Gasteiger partial charge in [-0.2, -0.15) is 0 Å². The Kier molecular flexibility index (Phi) is 4.32. The number of methoxy groups -OCH3 is 1. The van der Waals surface area contributed by atoms with Crippen molar-refractivity contribution >= 4 is 0 Å². The van der Waals surface area contributed by atoms with Crippen LogP contribution in [0.3, 0.4) is 0 Å². The van der Waals surface area contributed by atoms with Gasteiger partial charge in [0.15, 0.2) is 0 Å². The van der Waals surface area contributed by atoms with Crippen LogP contribution in [0.15, 0.2) is 30.5 Å². The van der Waals surface area contributed by atoms with E-state index in [1.807, 2.05) is 26.0 Å². The Hall–Kier alpha value is -1.98. The van der Waals surface area contributed by atoms with Crippen LogP contribution in [0.4, 0.5) is 4.39 Å². The molecule has 2 rings (SSSR count). The minimum Gasteiger partial charge on any atom is -0.496 e. The third kappa shape index (κ3) is 2.64. The first-order valence-corrected chi connectivity index (χ1v) is 6.30. The van der Waals surface area contributed by atoms with Crippen molar-refractivity contribution in [1.82, 2.24) is 10.4 Å². The number of pyridine rings is 1. The van der Waals surface area contributed by atoms with E-state index in [1.54, 1.807) is 13.2 Å². The van der Waals surface area contributed by atoms with E-state index in [4.69, 9.17) is 10.6 Å². The highest BCUT2D eigenvalue weighted by molar-refractivity contribution is 5.48. The van der Waals surface area contributed by atoms with Crippen LogP contribution in [0, 0.1) is 19.7 Å². The Bertz CT molecular complexity index is 599. The van der Waals surface area contributed by atoms with E-state index in [2.05, 4.69) is 10.4 Å². The van der Waals surface area contributed by atoms with E-state index in [1.165, 1.54) is 12.3 Å². The molecule has 4 nitrogen and oxygen atoms in total. The molecule has 1 aromatic heterocycles. The minimum absolute atomic E-state index is 0.357. The van der Waals surface area contributed by atoms with Crippen LogP contribution in [0.25, 0.3) is 0 Å². The van der Waals surface area contributed by atoms with Crippen LogP contribution in [0.2, 0.25) is 0 Å². The summed E-state index contributed by atoms with van der Waals surface area (Å²) in [6, 6.07) is 6.55. The predicted octanol–water partition coefficient (Wildman–Crippen LogP) is 2.40. The molecule has 3 N–H and O–H groups in total. The molecule has 1 heterocycles. The van der Waals surface area contributed by atoms with Crippen LogP contribution < -0.4 is 16.0 Å². The molecule has 0 aliphatic rings. The zero-order chi connectivity index (χ0) is 14.7. The SMILES string of the molecule is COc1c(C(NN)c2ccc(F)cn2)ccc(C)c1C. The van der Waals surface area contributed by atoms with Gasteiger partial charge in [-0.1, -0.05) is 12.1 Å². The summed E-state index contributed by atoms with van der Waals surface area (Å²) in [5.41, 5.74) is 6.40. The van der Waals surface area contributed by atoms with Crippen molar-refractivity contribution in [3.63, 3.8) is 0 Å². The summed E-state index contributed by atoms with van der Waals surface area (Å²) < 4.78 is 18.5. The predicted molar refractivity (Wildman–Crippen MR) is 75.8 cm³/mol. The van der Waals surface area contributed by atoms with Gasteiger partial charge in [-0.15, -0.1) is 0 Å². The van der Waals surface area contributed by atoms with Crippen LogP contribution in [0.5, 0.6) is 5.75 Å². The molecule has 0 spiro atoms. The summed E-state index contributed by atoms with van der Waals surface area (Å²) in [6.07, 6.45) is 1.17. The Labute approximate surface area is 117 Å². The van der Waals surface area contributed by atoms with Crippen molar-refractivity contribution in [2.75, 3.05) is 7.11 Å². The topological polar surface area (TPSA) is 60.2 Å². The zero-order valence-corrected chi connectivity index (χ0v) is 11.8. The smallest absolute Gasteiger partial charge is 0.141 e. The first kappa shape index (κ1) is 14.4. The fraction of sp³-hybridized carbons (Fsp3) is 0.267. The maximum Gasteiger partial charge on any atom is 0.141 e. The fourth-order valence-corrected chi connectivity index (χ4v) is 2.20. The van der Waals surface area contributed by atoms with Crippen LogP contribution in [0.1, 0.15) is 28.4 Å². The van der Waals surface area contributed by atoms with Crippen molar-refractivity contribution in [2.45, 2.75) is 19.9 Å². The molecule has 2 aromatic rings. The van der Waals surface area contributed by atoms with Gasteiger partial charge in [-0.3, -0.25) is 10.8 Å². The minimum atomic E-state index is -0.378. The summed E-state index contributed by atoms with van der Waals surface area (Å²) >= 11 is 0. The number of halogens is 1. The molecule has 0 amide bonds. The number of nitrogens with zero attached hydrogens (tertiary/aromatic N) is 1. The summed E-state index contributed by atoms with van der Waals surface area (Å²) in [4.78, 5) is 4.08. The molecule has 0 saturated heterocycles. The lowest BCUT2D eigenvalue weighted by atomic mass is 9.97. The normalized spacial score (nSPS) is 12.2. The maximum absolute atomic E-state index is 13.0. The number of aromatic nitrogens is 1. The van der Waals surface area contributed by atoms with E-state index >= 15 is 0 Å². The number of hydrazine groups is 1. The molecule has 0 radical (unpaired) electrons. The van der Waals surface area contributed by atoms with E-state index in [0.29, 0.717) is 5.69 Å². The molecule has 20 heavy (non-hydrogen) atoms. The van der Waals surface area contributed by atoms with Gasteiger partial charge in [0.1, 0.15) is 11.6 Å². The third-order valence-electron chi connectivity index (χ3n) is 3.44. The van der Waals surface area contributed by atoms with Crippen molar-refractivity contribution in [1.29, 1.82) is 0 Å². The van der Waals surface area contributed by atoms with Crippen LogP contribution >= 0.6 is 0 Å². The monoisotopic (exact) mass is 275 g/mol.